The standard InChI is InChI=1S/C4H8.7C2H6/c1-4-2-3-4;7*1-2/h4H,2-3H2,1H3;7*1-2H3. The first-order chi connectivity index (χ1) is 8.89. The van der Waals surface area contributed by atoms with Crippen molar-refractivity contribution in [2.75, 3.05) is 0 Å². The number of rotatable bonds is 0. The van der Waals surface area contributed by atoms with E-state index in [2.05, 4.69) is 6.92 Å². The lowest BCUT2D eigenvalue weighted by atomic mass is 10.5. The molecule has 1 aliphatic rings. The van der Waals surface area contributed by atoms with Crippen LogP contribution in [-0.2, 0) is 0 Å². The lowest BCUT2D eigenvalue weighted by Gasteiger charge is -1.53. The molecule has 1 saturated carbocycles. The third-order valence-corrected chi connectivity index (χ3v) is 0.866. The fourth-order valence-corrected chi connectivity index (χ4v) is 0.167. The zero-order valence-corrected chi connectivity index (χ0v) is 17.0. The van der Waals surface area contributed by atoms with Crippen molar-refractivity contribution in [1.82, 2.24) is 0 Å². The zero-order chi connectivity index (χ0) is 17.0. The summed E-state index contributed by atoms with van der Waals surface area (Å²) in [6.07, 6.45) is 2.97. The van der Waals surface area contributed by atoms with E-state index >= 15 is 0 Å². The van der Waals surface area contributed by atoms with E-state index in [1.54, 1.807) is 0 Å². The maximum atomic E-state index is 2.28. The average Bonchev–Trinajstić information content (AvgIpc) is 3.35. The Labute approximate surface area is 123 Å². The summed E-state index contributed by atoms with van der Waals surface area (Å²) in [4.78, 5) is 0. The van der Waals surface area contributed by atoms with E-state index in [-0.39, 0.29) is 0 Å². The molecule has 0 spiro atoms. The Morgan fingerprint density at radius 3 is 0.444 bits per heavy atom. The minimum absolute atomic E-state index is 1.08. The molecule has 1 rings (SSSR count). The van der Waals surface area contributed by atoms with Gasteiger partial charge in [-0.25, -0.2) is 0 Å². The predicted molar refractivity (Wildman–Crippen MR) is 97.8 cm³/mol. The summed E-state index contributed by atoms with van der Waals surface area (Å²) in [5.41, 5.74) is 0. The SMILES string of the molecule is CC.CC.CC.CC.CC.CC.CC.CC1CC1. The van der Waals surface area contributed by atoms with E-state index in [1.807, 2.05) is 96.9 Å². The highest BCUT2D eigenvalue weighted by atomic mass is 14.2. The highest BCUT2D eigenvalue weighted by Gasteiger charge is 2.12. The molecule has 0 amide bonds. The fourth-order valence-electron chi connectivity index (χ4n) is 0.167. The van der Waals surface area contributed by atoms with Gasteiger partial charge in [0.2, 0.25) is 0 Å². The summed E-state index contributed by atoms with van der Waals surface area (Å²) in [6, 6.07) is 0. The molecule has 0 aromatic heterocycles. The Morgan fingerprint density at radius 2 is 0.444 bits per heavy atom. The average molecular weight is 267 g/mol. The molecule has 0 heteroatoms. The largest absolute Gasteiger partial charge is 0.0683 e. The lowest BCUT2D eigenvalue weighted by Crippen LogP contribution is -1.42. The summed E-state index contributed by atoms with van der Waals surface area (Å²) >= 11 is 0. The smallest absolute Gasteiger partial charge is 0.0443 e. The van der Waals surface area contributed by atoms with Gasteiger partial charge < -0.3 is 0 Å². The molecular weight excluding hydrogens is 216 g/mol. The first-order valence-corrected chi connectivity index (χ1v) is 8.89. The van der Waals surface area contributed by atoms with E-state index in [0.717, 1.165) is 5.92 Å². The molecule has 0 radical (unpaired) electrons. The van der Waals surface area contributed by atoms with Crippen LogP contribution in [0.25, 0.3) is 0 Å². The van der Waals surface area contributed by atoms with Crippen molar-refractivity contribution in [2.24, 2.45) is 5.92 Å². The lowest BCUT2D eigenvalue weighted by molar-refractivity contribution is 0.983. The molecule has 1 fully saturated rings. The molecule has 122 valence electrons. The quantitative estimate of drug-likeness (QED) is 0.411. The Bertz CT molecular complexity index is 19.2. The predicted octanol–water partition coefficient (Wildman–Crippen LogP) is 8.60. The van der Waals surface area contributed by atoms with Crippen molar-refractivity contribution < 1.29 is 0 Å². The van der Waals surface area contributed by atoms with Gasteiger partial charge in [-0.05, 0) is 5.92 Å². The van der Waals surface area contributed by atoms with Crippen LogP contribution in [0.1, 0.15) is 117 Å². The second-order valence-corrected chi connectivity index (χ2v) is 1.68. The third kappa shape index (κ3) is 400. The van der Waals surface area contributed by atoms with Crippen molar-refractivity contribution in [2.45, 2.75) is 117 Å². The molecule has 0 aromatic rings. The first kappa shape index (κ1) is 43.0. The highest BCUT2D eigenvalue weighted by molar-refractivity contribution is 4.65. The first-order valence-electron chi connectivity index (χ1n) is 8.89. The summed E-state index contributed by atoms with van der Waals surface area (Å²) in [5.74, 6) is 1.08. The molecule has 0 aliphatic heterocycles. The zero-order valence-electron chi connectivity index (χ0n) is 17.0. The topological polar surface area (TPSA) is 0 Å². The summed E-state index contributed by atoms with van der Waals surface area (Å²) in [6.45, 7) is 30.3. The van der Waals surface area contributed by atoms with Crippen LogP contribution in [-0.4, -0.2) is 0 Å². The minimum Gasteiger partial charge on any atom is -0.0683 e. The molecule has 0 bridgehead atoms. The summed E-state index contributed by atoms with van der Waals surface area (Å²) in [7, 11) is 0. The van der Waals surface area contributed by atoms with Gasteiger partial charge >= 0.3 is 0 Å². The van der Waals surface area contributed by atoms with Gasteiger partial charge in [0.15, 0.2) is 0 Å². The van der Waals surface area contributed by atoms with Crippen molar-refractivity contribution in [3.05, 3.63) is 0 Å². The van der Waals surface area contributed by atoms with Crippen LogP contribution in [0.4, 0.5) is 0 Å². The second kappa shape index (κ2) is 174. The van der Waals surface area contributed by atoms with Crippen LogP contribution < -0.4 is 0 Å². The van der Waals surface area contributed by atoms with E-state index in [0.29, 0.717) is 0 Å². The maximum Gasteiger partial charge on any atom is -0.0443 e. The van der Waals surface area contributed by atoms with Gasteiger partial charge in [0.25, 0.3) is 0 Å². The molecule has 0 saturated heterocycles. The van der Waals surface area contributed by atoms with Crippen LogP contribution in [0.2, 0.25) is 0 Å². The van der Waals surface area contributed by atoms with Gasteiger partial charge in [-0.3, -0.25) is 0 Å². The molecule has 0 unspecified atom stereocenters. The number of hydrogen-bond donors (Lipinski definition) is 0. The Hall–Kier alpha value is 0. The summed E-state index contributed by atoms with van der Waals surface area (Å²) in [5, 5.41) is 0. The van der Waals surface area contributed by atoms with Gasteiger partial charge in [0.1, 0.15) is 0 Å². The molecule has 0 atom stereocenters. The van der Waals surface area contributed by atoms with Gasteiger partial charge in [0.05, 0.1) is 0 Å². The monoisotopic (exact) mass is 266 g/mol. The molecule has 1 aliphatic carbocycles. The van der Waals surface area contributed by atoms with Crippen LogP contribution in [0.5, 0.6) is 0 Å². The van der Waals surface area contributed by atoms with Gasteiger partial charge in [-0.2, -0.15) is 0 Å². The molecular formula is C18H50. The van der Waals surface area contributed by atoms with Gasteiger partial charge in [-0.15, -0.1) is 0 Å². The van der Waals surface area contributed by atoms with Gasteiger partial charge in [0, 0.05) is 0 Å². The van der Waals surface area contributed by atoms with E-state index < -0.39 is 0 Å². The van der Waals surface area contributed by atoms with E-state index in [9.17, 15) is 0 Å². The molecule has 0 aromatic carbocycles. The molecule has 18 heavy (non-hydrogen) atoms. The van der Waals surface area contributed by atoms with Crippen molar-refractivity contribution in [1.29, 1.82) is 0 Å². The maximum absolute atomic E-state index is 2.28. The normalized spacial score (nSPS) is 8.17. The van der Waals surface area contributed by atoms with Crippen molar-refractivity contribution in [3.8, 4) is 0 Å². The highest BCUT2D eigenvalue weighted by Crippen LogP contribution is 2.26. The third-order valence-electron chi connectivity index (χ3n) is 0.866. The van der Waals surface area contributed by atoms with Gasteiger partial charge in [-0.1, -0.05) is 117 Å². The Kier molecular flexibility index (Phi) is 416. The van der Waals surface area contributed by atoms with Crippen molar-refractivity contribution in [3.63, 3.8) is 0 Å². The molecule has 0 heterocycles. The molecule has 0 N–H and O–H groups in total. The van der Waals surface area contributed by atoms with Crippen LogP contribution >= 0.6 is 0 Å². The van der Waals surface area contributed by atoms with Crippen LogP contribution in [0, 0.1) is 5.92 Å². The second-order valence-electron chi connectivity index (χ2n) is 1.68. The Balaban J connectivity index is -0.0000000159. The van der Waals surface area contributed by atoms with Crippen LogP contribution in [0.15, 0.2) is 0 Å². The fraction of sp³-hybridized carbons (Fsp3) is 1.00. The Morgan fingerprint density at radius 1 is 0.389 bits per heavy atom. The number of hydrogen-bond acceptors (Lipinski definition) is 0. The minimum atomic E-state index is 1.08. The van der Waals surface area contributed by atoms with E-state index in [1.165, 1.54) is 12.8 Å². The van der Waals surface area contributed by atoms with E-state index in [4.69, 9.17) is 0 Å². The van der Waals surface area contributed by atoms with Crippen molar-refractivity contribution >= 4 is 0 Å². The summed E-state index contributed by atoms with van der Waals surface area (Å²) < 4.78 is 0. The van der Waals surface area contributed by atoms with Crippen LogP contribution in [0.3, 0.4) is 0 Å². The molecule has 0 nitrogen and oxygen atoms in total.